The highest BCUT2D eigenvalue weighted by Gasteiger charge is 2.08. The molecule has 0 aliphatic heterocycles. The van der Waals surface area contributed by atoms with E-state index in [9.17, 15) is 4.79 Å². The first-order valence-electron chi connectivity index (χ1n) is 5.37. The minimum Gasteiger partial charge on any atom is -0.424 e. The molecule has 1 heterocycles. The van der Waals surface area contributed by atoms with E-state index >= 15 is 0 Å². The third kappa shape index (κ3) is 1.94. The number of fused-ring (bicyclic) bond motifs is 1. The molecule has 0 bridgehead atoms. The standard InChI is InChI=1S/C13H15NO2/c1-8(2)10-4-5-12-11(6-10)13(7-14-12)16-9(3)15/h4-8,14H,1-3H3. The van der Waals surface area contributed by atoms with Crippen molar-refractivity contribution < 1.29 is 9.53 Å². The molecule has 0 radical (unpaired) electrons. The van der Waals surface area contributed by atoms with E-state index < -0.39 is 0 Å². The second-order valence-corrected chi connectivity index (χ2v) is 4.21. The number of nitrogens with one attached hydrogen (secondary N) is 1. The summed E-state index contributed by atoms with van der Waals surface area (Å²) in [5.74, 6) is 0.769. The molecule has 84 valence electrons. The van der Waals surface area contributed by atoms with Crippen molar-refractivity contribution in [1.82, 2.24) is 4.98 Å². The first-order chi connectivity index (χ1) is 7.58. The van der Waals surface area contributed by atoms with Crippen molar-refractivity contribution in [1.29, 1.82) is 0 Å². The van der Waals surface area contributed by atoms with E-state index in [4.69, 9.17) is 4.74 Å². The van der Waals surface area contributed by atoms with Crippen LogP contribution in [-0.4, -0.2) is 11.0 Å². The van der Waals surface area contributed by atoms with Gasteiger partial charge < -0.3 is 9.72 Å². The molecule has 3 heteroatoms. The molecule has 16 heavy (non-hydrogen) atoms. The Hall–Kier alpha value is -1.77. The van der Waals surface area contributed by atoms with Gasteiger partial charge in [0.15, 0.2) is 5.75 Å². The number of hydrogen-bond acceptors (Lipinski definition) is 2. The number of ether oxygens (including phenoxy) is 1. The molecule has 0 aliphatic rings. The predicted octanol–water partition coefficient (Wildman–Crippen LogP) is 3.22. The van der Waals surface area contributed by atoms with E-state index in [0.717, 1.165) is 10.9 Å². The van der Waals surface area contributed by atoms with Crippen LogP contribution in [0.3, 0.4) is 0 Å². The number of carbonyl (C=O) groups is 1. The van der Waals surface area contributed by atoms with Crippen LogP contribution in [0.1, 0.15) is 32.3 Å². The number of benzene rings is 1. The van der Waals surface area contributed by atoms with Gasteiger partial charge in [-0.1, -0.05) is 19.9 Å². The largest absolute Gasteiger partial charge is 0.424 e. The van der Waals surface area contributed by atoms with Gasteiger partial charge in [-0.15, -0.1) is 0 Å². The van der Waals surface area contributed by atoms with Gasteiger partial charge in [0.25, 0.3) is 0 Å². The highest BCUT2D eigenvalue weighted by molar-refractivity contribution is 5.89. The molecule has 1 N–H and O–H groups in total. The highest BCUT2D eigenvalue weighted by Crippen LogP contribution is 2.28. The number of esters is 1. The van der Waals surface area contributed by atoms with Crippen molar-refractivity contribution >= 4 is 16.9 Å². The molecule has 0 spiro atoms. The van der Waals surface area contributed by atoms with Crippen LogP contribution in [0.4, 0.5) is 0 Å². The van der Waals surface area contributed by atoms with Crippen molar-refractivity contribution in [3.8, 4) is 5.75 Å². The van der Waals surface area contributed by atoms with E-state index in [2.05, 4.69) is 31.0 Å². The monoisotopic (exact) mass is 217 g/mol. The van der Waals surface area contributed by atoms with Crippen LogP contribution in [0.15, 0.2) is 24.4 Å². The van der Waals surface area contributed by atoms with Gasteiger partial charge >= 0.3 is 5.97 Å². The Kier molecular flexibility index (Phi) is 2.69. The third-order valence-electron chi connectivity index (χ3n) is 2.59. The SMILES string of the molecule is CC(=O)Oc1c[nH]c2ccc(C(C)C)cc12. The third-order valence-corrected chi connectivity index (χ3v) is 2.59. The van der Waals surface area contributed by atoms with Crippen LogP contribution in [-0.2, 0) is 4.79 Å². The number of carbonyl (C=O) groups excluding carboxylic acids is 1. The normalized spacial score (nSPS) is 11.0. The van der Waals surface area contributed by atoms with Gasteiger partial charge in [-0.2, -0.15) is 0 Å². The summed E-state index contributed by atoms with van der Waals surface area (Å²) in [6.07, 6.45) is 1.72. The molecule has 0 atom stereocenters. The van der Waals surface area contributed by atoms with E-state index in [1.54, 1.807) is 6.20 Å². The van der Waals surface area contributed by atoms with Gasteiger partial charge in [-0.05, 0) is 23.6 Å². The summed E-state index contributed by atoms with van der Waals surface area (Å²) in [5, 5.41) is 0.960. The van der Waals surface area contributed by atoms with Crippen LogP contribution in [0.5, 0.6) is 5.75 Å². The molecule has 2 rings (SSSR count). The Balaban J connectivity index is 2.51. The zero-order valence-corrected chi connectivity index (χ0v) is 9.70. The van der Waals surface area contributed by atoms with Gasteiger partial charge in [0.2, 0.25) is 0 Å². The van der Waals surface area contributed by atoms with Crippen molar-refractivity contribution in [3.63, 3.8) is 0 Å². The molecule has 0 amide bonds. The maximum absolute atomic E-state index is 10.9. The summed E-state index contributed by atoms with van der Waals surface area (Å²) >= 11 is 0. The van der Waals surface area contributed by atoms with E-state index in [-0.39, 0.29) is 5.97 Å². The van der Waals surface area contributed by atoms with Crippen LogP contribution in [0, 0.1) is 0 Å². The van der Waals surface area contributed by atoms with Crippen molar-refractivity contribution in [2.75, 3.05) is 0 Å². The lowest BCUT2D eigenvalue weighted by atomic mass is 10.0. The maximum Gasteiger partial charge on any atom is 0.308 e. The van der Waals surface area contributed by atoms with Gasteiger partial charge in [0.1, 0.15) is 0 Å². The maximum atomic E-state index is 10.9. The smallest absolute Gasteiger partial charge is 0.308 e. The summed E-state index contributed by atoms with van der Waals surface area (Å²) in [6, 6.07) is 6.16. The summed E-state index contributed by atoms with van der Waals surface area (Å²) in [5.41, 5.74) is 2.22. The molecule has 0 saturated carbocycles. The van der Waals surface area contributed by atoms with Crippen LogP contribution in [0.2, 0.25) is 0 Å². The molecule has 0 saturated heterocycles. The fourth-order valence-corrected chi connectivity index (χ4v) is 1.71. The second-order valence-electron chi connectivity index (χ2n) is 4.21. The van der Waals surface area contributed by atoms with Gasteiger partial charge in [-0.25, -0.2) is 0 Å². The second kappa shape index (κ2) is 4.00. The molecule has 0 fully saturated rings. The zero-order chi connectivity index (χ0) is 11.7. The van der Waals surface area contributed by atoms with E-state index in [0.29, 0.717) is 11.7 Å². The Labute approximate surface area is 94.4 Å². The quantitative estimate of drug-likeness (QED) is 0.785. The van der Waals surface area contributed by atoms with E-state index in [1.807, 2.05) is 6.07 Å². The molecule has 0 aliphatic carbocycles. The van der Waals surface area contributed by atoms with Crippen molar-refractivity contribution in [2.24, 2.45) is 0 Å². The lowest BCUT2D eigenvalue weighted by Gasteiger charge is -2.05. The van der Waals surface area contributed by atoms with Crippen molar-refractivity contribution in [2.45, 2.75) is 26.7 Å². The lowest BCUT2D eigenvalue weighted by Crippen LogP contribution is -2.00. The Morgan fingerprint density at radius 3 is 2.75 bits per heavy atom. The molecule has 1 aromatic carbocycles. The van der Waals surface area contributed by atoms with Crippen LogP contribution in [0.25, 0.3) is 10.9 Å². The summed E-state index contributed by atoms with van der Waals surface area (Å²) in [7, 11) is 0. The lowest BCUT2D eigenvalue weighted by molar-refractivity contribution is -0.131. The number of H-pyrrole nitrogens is 1. The molecular weight excluding hydrogens is 202 g/mol. The molecule has 0 unspecified atom stereocenters. The van der Waals surface area contributed by atoms with Gasteiger partial charge in [0.05, 0.1) is 0 Å². The Morgan fingerprint density at radius 2 is 2.12 bits per heavy atom. The first kappa shape index (κ1) is 10.7. The molecule has 1 aromatic heterocycles. The highest BCUT2D eigenvalue weighted by atomic mass is 16.5. The Morgan fingerprint density at radius 1 is 1.38 bits per heavy atom. The average Bonchev–Trinajstić information content (AvgIpc) is 2.60. The molecule has 3 nitrogen and oxygen atoms in total. The number of hydrogen-bond donors (Lipinski definition) is 1. The minimum atomic E-state index is -0.296. The molecule has 2 aromatic rings. The van der Waals surface area contributed by atoms with Crippen LogP contribution >= 0.6 is 0 Å². The van der Waals surface area contributed by atoms with Gasteiger partial charge in [-0.3, -0.25) is 4.79 Å². The number of rotatable bonds is 2. The average molecular weight is 217 g/mol. The summed E-state index contributed by atoms with van der Waals surface area (Å²) in [6.45, 7) is 5.68. The predicted molar refractivity (Wildman–Crippen MR) is 63.7 cm³/mol. The fraction of sp³-hybridized carbons (Fsp3) is 0.308. The topological polar surface area (TPSA) is 42.1 Å². The van der Waals surface area contributed by atoms with E-state index in [1.165, 1.54) is 12.5 Å². The van der Waals surface area contributed by atoms with Gasteiger partial charge in [0, 0.05) is 24.0 Å². The zero-order valence-electron chi connectivity index (χ0n) is 9.70. The summed E-state index contributed by atoms with van der Waals surface area (Å²) in [4.78, 5) is 14.0. The number of aromatic nitrogens is 1. The van der Waals surface area contributed by atoms with Crippen LogP contribution < -0.4 is 4.74 Å². The fourth-order valence-electron chi connectivity index (χ4n) is 1.71. The van der Waals surface area contributed by atoms with Crippen molar-refractivity contribution in [3.05, 3.63) is 30.0 Å². The Bertz CT molecular complexity index is 526. The first-order valence-corrected chi connectivity index (χ1v) is 5.37. The molecular formula is C13H15NO2. The number of aromatic amines is 1. The summed E-state index contributed by atoms with van der Waals surface area (Å²) < 4.78 is 5.13. The minimum absolute atomic E-state index is 0.296.